The highest BCUT2D eigenvalue weighted by molar-refractivity contribution is 5.98. The molecule has 114 valence electrons. The summed E-state index contributed by atoms with van der Waals surface area (Å²) in [5.41, 5.74) is 6.06. The van der Waals surface area contributed by atoms with Crippen LogP contribution in [0, 0.1) is 6.92 Å². The van der Waals surface area contributed by atoms with E-state index in [0.29, 0.717) is 0 Å². The van der Waals surface area contributed by atoms with Gasteiger partial charge in [-0.3, -0.25) is 4.99 Å². The number of aliphatic hydroxyl groups excluding tert-OH is 1. The lowest BCUT2D eigenvalue weighted by Gasteiger charge is -2.18. The molecule has 0 fully saturated rings. The van der Waals surface area contributed by atoms with Crippen LogP contribution in [0.3, 0.4) is 0 Å². The molecule has 0 saturated heterocycles. The fourth-order valence-corrected chi connectivity index (χ4v) is 2.51. The van der Waals surface area contributed by atoms with Gasteiger partial charge in [-0.15, -0.1) is 0 Å². The van der Waals surface area contributed by atoms with Crippen molar-refractivity contribution in [3.8, 4) is 0 Å². The van der Waals surface area contributed by atoms with Crippen molar-refractivity contribution in [2.24, 2.45) is 4.99 Å². The SMILES string of the molecule is C=CN=C(C)/C(C)=C(\C)CCC(CO)c1ccccc1C. The van der Waals surface area contributed by atoms with Gasteiger partial charge >= 0.3 is 0 Å². The Morgan fingerprint density at radius 1 is 1.29 bits per heavy atom. The molecule has 1 N–H and O–H groups in total. The summed E-state index contributed by atoms with van der Waals surface area (Å²) in [6.45, 7) is 12.2. The van der Waals surface area contributed by atoms with Gasteiger partial charge in [-0.2, -0.15) is 0 Å². The Kier molecular flexibility index (Phi) is 7.10. The molecule has 1 rings (SSSR count). The van der Waals surface area contributed by atoms with E-state index in [1.54, 1.807) is 6.20 Å². The molecule has 0 bridgehead atoms. The topological polar surface area (TPSA) is 32.6 Å². The van der Waals surface area contributed by atoms with Gasteiger partial charge in [0.1, 0.15) is 0 Å². The summed E-state index contributed by atoms with van der Waals surface area (Å²) >= 11 is 0. The van der Waals surface area contributed by atoms with E-state index >= 15 is 0 Å². The van der Waals surface area contributed by atoms with Crippen LogP contribution in [0.2, 0.25) is 0 Å². The quantitative estimate of drug-likeness (QED) is 0.718. The molecule has 2 nitrogen and oxygen atoms in total. The molecule has 0 amide bonds. The molecule has 0 radical (unpaired) electrons. The largest absolute Gasteiger partial charge is 0.396 e. The fourth-order valence-electron chi connectivity index (χ4n) is 2.51. The monoisotopic (exact) mass is 285 g/mol. The van der Waals surface area contributed by atoms with Crippen LogP contribution in [-0.4, -0.2) is 17.4 Å². The van der Waals surface area contributed by atoms with Gasteiger partial charge in [-0.1, -0.05) is 36.4 Å². The third-order valence-electron chi connectivity index (χ3n) is 4.18. The number of aryl methyl sites for hydroxylation is 1. The maximum atomic E-state index is 9.70. The zero-order valence-electron chi connectivity index (χ0n) is 13.7. The lowest BCUT2D eigenvalue weighted by molar-refractivity contribution is 0.259. The molecular formula is C19H27NO. The molecule has 0 saturated carbocycles. The zero-order chi connectivity index (χ0) is 15.8. The van der Waals surface area contributed by atoms with Crippen molar-refractivity contribution in [2.45, 2.75) is 46.5 Å². The van der Waals surface area contributed by atoms with E-state index in [1.807, 2.05) is 19.1 Å². The van der Waals surface area contributed by atoms with Crippen molar-refractivity contribution >= 4 is 5.71 Å². The van der Waals surface area contributed by atoms with Crippen LogP contribution < -0.4 is 0 Å². The van der Waals surface area contributed by atoms with Crippen LogP contribution >= 0.6 is 0 Å². The van der Waals surface area contributed by atoms with E-state index in [9.17, 15) is 5.11 Å². The van der Waals surface area contributed by atoms with Crippen LogP contribution in [-0.2, 0) is 0 Å². The average molecular weight is 285 g/mol. The molecule has 0 aliphatic heterocycles. The van der Waals surface area contributed by atoms with Crippen LogP contribution in [0.25, 0.3) is 0 Å². The second-order valence-electron chi connectivity index (χ2n) is 5.58. The maximum absolute atomic E-state index is 9.70. The first kappa shape index (κ1) is 17.4. The Morgan fingerprint density at radius 3 is 2.52 bits per heavy atom. The minimum Gasteiger partial charge on any atom is -0.396 e. The highest BCUT2D eigenvalue weighted by Gasteiger charge is 2.13. The van der Waals surface area contributed by atoms with E-state index < -0.39 is 0 Å². The molecule has 0 aliphatic carbocycles. The molecule has 0 spiro atoms. The van der Waals surface area contributed by atoms with E-state index in [-0.39, 0.29) is 12.5 Å². The predicted octanol–water partition coefficient (Wildman–Crippen LogP) is 4.79. The lowest BCUT2D eigenvalue weighted by atomic mass is 9.89. The van der Waals surface area contributed by atoms with Gasteiger partial charge in [0.15, 0.2) is 0 Å². The van der Waals surface area contributed by atoms with E-state index in [2.05, 4.69) is 44.5 Å². The first-order chi connectivity index (χ1) is 10.0. The Bertz CT molecular complexity index is 540. The van der Waals surface area contributed by atoms with Crippen LogP contribution in [0.4, 0.5) is 0 Å². The first-order valence-corrected chi connectivity index (χ1v) is 7.49. The van der Waals surface area contributed by atoms with E-state index in [0.717, 1.165) is 18.6 Å². The average Bonchev–Trinajstić information content (AvgIpc) is 2.48. The van der Waals surface area contributed by atoms with Gasteiger partial charge in [-0.25, -0.2) is 0 Å². The van der Waals surface area contributed by atoms with Gasteiger partial charge in [0.05, 0.1) is 0 Å². The molecule has 0 aromatic heterocycles. The van der Waals surface area contributed by atoms with Gasteiger partial charge in [0, 0.05) is 24.4 Å². The van der Waals surface area contributed by atoms with Crippen LogP contribution in [0.15, 0.2) is 53.2 Å². The summed E-state index contributed by atoms with van der Waals surface area (Å²) in [5.74, 6) is 0.200. The highest BCUT2D eigenvalue weighted by Crippen LogP contribution is 2.26. The lowest BCUT2D eigenvalue weighted by Crippen LogP contribution is -2.07. The standard InChI is InChI=1S/C19H27NO/c1-6-20-17(5)16(4)14(2)11-12-18(13-21)19-10-8-7-9-15(19)3/h6-10,18,21H,1,11-13H2,2-5H3/b16-14+,20-17?. The minimum absolute atomic E-state index is 0.191. The molecule has 1 unspecified atom stereocenters. The van der Waals surface area contributed by atoms with Crippen molar-refractivity contribution in [1.82, 2.24) is 0 Å². The van der Waals surface area contributed by atoms with Crippen molar-refractivity contribution in [2.75, 3.05) is 6.61 Å². The Morgan fingerprint density at radius 2 is 1.95 bits per heavy atom. The second-order valence-corrected chi connectivity index (χ2v) is 5.58. The van der Waals surface area contributed by atoms with Crippen LogP contribution in [0.5, 0.6) is 0 Å². The zero-order valence-corrected chi connectivity index (χ0v) is 13.7. The molecule has 21 heavy (non-hydrogen) atoms. The Labute approximate surface area is 128 Å². The third kappa shape index (κ3) is 4.98. The number of aliphatic imine (C=N–C) groups is 1. The van der Waals surface area contributed by atoms with Gasteiger partial charge in [0.25, 0.3) is 0 Å². The number of rotatable bonds is 7. The van der Waals surface area contributed by atoms with Gasteiger partial charge < -0.3 is 5.11 Å². The molecule has 1 atom stereocenters. The highest BCUT2D eigenvalue weighted by atomic mass is 16.3. The van der Waals surface area contributed by atoms with Gasteiger partial charge in [-0.05, 0) is 57.2 Å². The number of nitrogens with zero attached hydrogens (tertiary/aromatic N) is 1. The van der Waals surface area contributed by atoms with E-state index in [4.69, 9.17) is 0 Å². The van der Waals surface area contributed by atoms with Crippen molar-refractivity contribution < 1.29 is 5.11 Å². The first-order valence-electron chi connectivity index (χ1n) is 7.49. The summed E-state index contributed by atoms with van der Waals surface area (Å²) in [7, 11) is 0. The number of hydrogen-bond donors (Lipinski definition) is 1. The Balaban J connectivity index is 2.81. The summed E-state index contributed by atoms with van der Waals surface area (Å²) in [5, 5.41) is 9.70. The number of aliphatic hydroxyl groups is 1. The maximum Gasteiger partial charge on any atom is 0.0499 e. The van der Waals surface area contributed by atoms with Crippen molar-refractivity contribution in [3.05, 3.63) is 59.3 Å². The van der Waals surface area contributed by atoms with Crippen LogP contribution in [0.1, 0.15) is 50.7 Å². The Hall–Kier alpha value is -1.67. The fraction of sp³-hybridized carbons (Fsp3) is 0.421. The molecule has 1 aromatic carbocycles. The number of benzene rings is 1. The van der Waals surface area contributed by atoms with Crippen molar-refractivity contribution in [1.29, 1.82) is 0 Å². The minimum atomic E-state index is 0.191. The number of allylic oxidation sites excluding steroid dienone is 2. The molecule has 1 aromatic rings. The predicted molar refractivity (Wildman–Crippen MR) is 91.9 cm³/mol. The van der Waals surface area contributed by atoms with Crippen molar-refractivity contribution in [3.63, 3.8) is 0 Å². The number of hydrogen-bond acceptors (Lipinski definition) is 2. The van der Waals surface area contributed by atoms with E-state index in [1.165, 1.54) is 22.3 Å². The third-order valence-corrected chi connectivity index (χ3v) is 4.18. The molecular weight excluding hydrogens is 258 g/mol. The molecule has 0 aliphatic rings. The second kappa shape index (κ2) is 8.58. The summed E-state index contributed by atoms with van der Waals surface area (Å²) < 4.78 is 0. The smallest absolute Gasteiger partial charge is 0.0499 e. The normalized spacial score (nSPS) is 14.6. The summed E-state index contributed by atoms with van der Waals surface area (Å²) in [6, 6.07) is 8.30. The summed E-state index contributed by atoms with van der Waals surface area (Å²) in [4.78, 5) is 4.24. The van der Waals surface area contributed by atoms with Gasteiger partial charge in [0.2, 0.25) is 0 Å². The summed E-state index contributed by atoms with van der Waals surface area (Å²) in [6.07, 6.45) is 3.50. The molecule has 2 heteroatoms. The molecule has 0 heterocycles.